The highest BCUT2D eigenvalue weighted by Crippen LogP contribution is 2.34. The summed E-state index contributed by atoms with van der Waals surface area (Å²) in [6.45, 7) is 0. The number of hydrogen-bond donors (Lipinski definition) is 1. The normalized spacial score (nSPS) is 14.4. The molecule has 1 heterocycles. The maximum atomic E-state index is 13.5. The average Bonchev–Trinajstić information content (AvgIpc) is 2.92. The predicted octanol–water partition coefficient (Wildman–Crippen LogP) is 5.89. The molecule has 1 N–H and O–H groups in total. The number of carbonyl (C=O) groups excluding carboxylic acids is 2. The van der Waals surface area contributed by atoms with Gasteiger partial charge in [0.2, 0.25) is 0 Å². The number of nitrogens with one attached hydrogen (secondary N) is 1. The van der Waals surface area contributed by atoms with Gasteiger partial charge in [0.1, 0.15) is 17.1 Å². The Bertz CT molecular complexity index is 1600. The van der Waals surface area contributed by atoms with E-state index in [9.17, 15) is 19.7 Å². The van der Waals surface area contributed by atoms with Crippen LogP contribution in [0.25, 0.3) is 17.2 Å². The van der Waals surface area contributed by atoms with Gasteiger partial charge < -0.3 is 4.74 Å². The van der Waals surface area contributed by atoms with Crippen LogP contribution >= 0.6 is 12.2 Å². The number of nitrogens with zero attached hydrogens (tertiary/aromatic N) is 2. The van der Waals surface area contributed by atoms with Crippen molar-refractivity contribution in [3.63, 3.8) is 0 Å². The van der Waals surface area contributed by atoms with E-state index in [0.717, 1.165) is 0 Å². The van der Waals surface area contributed by atoms with Crippen LogP contribution in [0, 0.1) is 10.1 Å². The summed E-state index contributed by atoms with van der Waals surface area (Å²) in [6, 6.07) is 29.1. The van der Waals surface area contributed by atoms with Gasteiger partial charge in [-0.1, -0.05) is 54.6 Å². The molecular weight excluding hydrogens is 502 g/mol. The number of hydrogen-bond acceptors (Lipinski definition) is 6. The molecule has 0 aromatic heterocycles. The van der Waals surface area contributed by atoms with Crippen LogP contribution in [0.1, 0.15) is 5.56 Å². The highest BCUT2D eigenvalue weighted by atomic mass is 32.1. The lowest BCUT2D eigenvalue weighted by Crippen LogP contribution is -2.54. The van der Waals surface area contributed by atoms with Crippen LogP contribution in [0.2, 0.25) is 0 Å². The third-order valence-corrected chi connectivity index (χ3v) is 6.11. The molecule has 5 rings (SSSR count). The van der Waals surface area contributed by atoms with Crippen molar-refractivity contribution in [3.8, 4) is 22.6 Å². The molecule has 38 heavy (non-hydrogen) atoms. The largest absolute Gasteiger partial charge is 0.457 e. The number of ether oxygens (including phenoxy) is 1. The Hall–Kier alpha value is -5.15. The molecule has 1 saturated heterocycles. The van der Waals surface area contributed by atoms with Crippen molar-refractivity contribution in [2.45, 2.75) is 0 Å². The molecule has 0 aliphatic carbocycles. The Morgan fingerprint density at radius 3 is 2.11 bits per heavy atom. The molecule has 1 aliphatic heterocycles. The van der Waals surface area contributed by atoms with Gasteiger partial charge in [-0.25, -0.2) is 0 Å². The fraction of sp³-hybridized carbons (Fsp3) is 0. The van der Waals surface area contributed by atoms with E-state index in [2.05, 4.69) is 5.32 Å². The van der Waals surface area contributed by atoms with E-state index in [0.29, 0.717) is 33.9 Å². The Labute approximate surface area is 222 Å². The third-order valence-electron chi connectivity index (χ3n) is 5.83. The molecule has 4 aromatic carbocycles. The van der Waals surface area contributed by atoms with Gasteiger partial charge in [0.25, 0.3) is 17.5 Å². The number of amides is 2. The highest BCUT2D eigenvalue weighted by molar-refractivity contribution is 7.80. The maximum absolute atomic E-state index is 13.5. The molecule has 186 valence electrons. The van der Waals surface area contributed by atoms with Crippen LogP contribution in [-0.4, -0.2) is 21.9 Å². The first-order chi connectivity index (χ1) is 18.4. The van der Waals surface area contributed by atoms with Crippen LogP contribution in [0.15, 0.2) is 109 Å². The number of anilines is 1. The van der Waals surface area contributed by atoms with Gasteiger partial charge in [0.15, 0.2) is 5.11 Å². The van der Waals surface area contributed by atoms with Crippen molar-refractivity contribution in [1.29, 1.82) is 0 Å². The molecular formula is C29H19N3O5S. The van der Waals surface area contributed by atoms with Gasteiger partial charge in [-0.3, -0.25) is 29.9 Å². The summed E-state index contributed by atoms with van der Waals surface area (Å²) in [6.07, 6.45) is 1.42. The molecule has 0 radical (unpaired) electrons. The summed E-state index contributed by atoms with van der Waals surface area (Å²) in [5, 5.41) is 14.1. The van der Waals surface area contributed by atoms with E-state index in [-0.39, 0.29) is 16.4 Å². The van der Waals surface area contributed by atoms with Crippen molar-refractivity contribution in [3.05, 3.63) is 124 Å². The van der Waals surface area contributed by atoms with E-state index in [4.69, 9.17) is 17.0 Å². The van der Waals surface area contributed by atoms with Crippen molar-refractivity contribution in [2.75, 3.05) is 4.90 Å². The minimum absolute atomic E-state index is 0.0548. The predicted molar refractivity (Wildman–Crippen MR) is 148 cm³/mol. The van der Waals surface area contributed by atoms with Gasteiger partial charge in [-0.2, -0.15) is 0 Å². The number of rotatable bonds is 6. The molecule has 2 amide bonds. The second-order valence-corrected chi connectivity index (χ2v) is 8.62. The van der Waals surface area contributed by atoms with Crippen molar-refractivity contribution < 1.29 is 19.2 Å². The third kappa shape index (κ3) is 4.91. The first-order valence-electron chi connectivity index (χ1n) is 11.5. The SMILES string of the molecule is O=C1NC(=S)N(c2ccc(Oc3ccccc3)cc2)C(=O)/C1=C\c1ccccc1-c1ccccc1[N+](=O)[O-]. The van der Waals surface area contributed by atoms with Crippen molar-refractivity contribution in [1.82, 2.24) is 5.32 Å². The Balaban J connectivity index is 1.48. The summed E-state index contributed by atoms with van der Waals surface area (Å²) < 4.78 is 5.81. The Kier molecular flexibility index (Phi) is 6.75. The number of nitro benzene ring substituents is 1. The van der Waals surface area contributed by atoms with E-state index in [1.807, 2.05) is 30.3 Å². The van der Waals surface area contributed by atoms with Crippen LogP contribution < -0.4 is 15.0 Å². The number of thiocarbonyl (C=S) groups is 1. The molecule has 8 nitrogen and oxygen atoms in total. The van der Waals surface area contributed by atoms with Gasteiger partial charge in [0, 0.05) is 6.07 Å². The lowest BCUT2D eigenvalue weighted by molar-refractivity contribution is -0.384. The first kappa shape index (κ1) is 24.5. The van der Waals surface area contributed by atoms with Crippen LogP contribution in [0.5, 0.6) is 11.5 Å². The standard InChI is InChI=1S/C29H19N3O5S/c33-27-25(18-19-8-4-5-11-23(19)24-12-6-7-13-26(24)32(35)36)28(34)31(29(38)30-27)20-14-16-22(17-15-20)37-21-9-2-1-3-10-21/h1-18H,(H,30,33,38)/b25-18-. The fourth-order valence-corrected chi connectivity index (χ4v) is 4.35. The highest BCUT2D eigenvalue weighted by Gasteiger charge is 2.34. The summed E-state index contributed by atoms with van der Waals surface area (Å²) in [5.41, 5.74) is 1.55. The molecule has 0 saturated carbocycles. The van der Waals surface area contributed by atoms with Gasteiger partial charge in [-0.15, -0.1) is 0 Å². The number of carbonyl (C=O) groups is 2. The van der Waals surface area contributed by atoms with E-state index in [1.54, 1.807) is 66.7 Å². The van der Waals surface area contributed by atoms with Crippen LogP contribution in [0.3, 0.4) is 0 Å². The maximum Gasteiger partial charge on any atom is 0.277 e. The number of benzene rings is 4. The van der Waals surface area contributed by atoms with E-state index >= 15 is 0 Å². The van der Waals surface area contributed by atoms with Crippen LogP contribution in [-0.2, 0) is 9.59 Å². The zero-order valence-corrected chi connectivity index (χ0v) is 20.6. The zero-order valence-electron chi connectivity index (χ0n) is 19.7. The average molecular weight is 522 g/mol. The molecule has 4 aromatic rings. The molecule has 1 fully saturated rings. The first-order valence-corrected chi connectivity index (χ1v) is 11.9. The second-order valence-electron chi connectivity index (χ2n) is 8.23. The number of nitro groups is 1. The molecule has 0 bridgehead atoms. The molecule has 0 unspecified atom stereocenters. The summed E-state index contributed by atoms with van der Waals surface area (Å²) in [7, 11) is 0. The minimum Gasteiger partial charge on any atom is -0.457 e. The van der Waals surface area contributed by atoms with Crippen molar-refractivity contribution >= 4 is 46.6 Å². The van der Waals surface area contributed by atoms with E-state index < -0.39 is 16.7 Å². The molecule has 0 spiro atoms. The summed E-state index contributed by atoms with van der Waals surface area (Å²) in [5.74, 6) is -0.0429. The monoisotopic (exact) mass is 521 g/mol. The van der Waals surface area contributed by atoms with Gasteiger partial charge in [0.05, 0.1) is 16.2 Å². The van der Waals surface area contributed by atoms with Crippen molar-refractivity contribution in [2.24, 2.45) is 0 Å². The second kappa shape index (κ2) is 10.5. The minimum atomic E-state index is -0.655. The zero-order chi connectivity index (χ0) is 26.6. The molecule has 1 aliphatic rings. The Morgan fingerprint density at radius 2 is 1.39 bits per heavy atom. The fourth-order valence-electron chi connectivity index (χ4n) is 4.06. The number of para-hydroxylation sites is 2. The molecule has 9 heteroatoms. The lowest BCUT2D eigenvalue weighted by atomic mass is 9.96. The quantitative estimate of drug-likeness (QED) is 0.112. The van der Waals surface area contributed by atoms with E-state index in [1.165, 1.54) is 17.0 Å². The molecule has 0 atom stereocenters. The Morgan fingerprint density at radius 1 is 0.789 bits per heavy atom. The smallest absolute Gasteiger partial charge is 0.277 e. The summed E-state index contributed by atoms with van der Waals surface area (Å²) in [4.78, 5) is 38.7. The lowest BCUT2D eigenvalue weighted by Gasteiger charge is -2.29. The topological polar surface area (TPSA) is 102 Å². The van der Waals surface area contributed by atoms with Crippen LogP contribution in [0.4, 0.5) is 11.4 Å². The van der Waals surface area contributed by atoms with Gasteiger partial charge in [-0.05, 0) is 71.9 Å². The summed E-state index contributed by atoms with van der Waals surface area (Å²) >= 11 is 5.31. The van der Waals surface area contributed by atoms with Gasteiger partial charge >= 0.3 is 0 Å².